The van der Waals surface area contributed by atoms with Gasteiger partial charge in [-0.1, -0.05) is 43.1 Å². The number of hydrogen-bond acceptors (Lipinski definition) is 6. The number of hydrogen-bond donors (Lipinski definition) is 5. The molecule has 2 aromatic rings. The summed E-state index contributed by atoms with van der Waals surface area (Å²) in [4.78, 5) is 32.7. The topological polar surface area (TPSA) is 124 Å². The summed E-state index contributed by atoms with van der Waals surface area (Å²) in [7, 11) is 0. The molecule has 2 aliphatic heterocycles. The van der Waals surface area contributed by atoms with E-state index in [4.69, 9.17) is 23.2 Å². The van der Waals surface area contributed by atoms with Crippen LogP contribution in [0.1, 0.15) is 82.3 Å². The van der Waals surface area contributed by atoms with Crippen LogP contribution in [-0.2, 0) is 15.0 Å². The van der Waals surface area contributed by atoms with Gasteiger partial charge in [0, 0.05) is 34.4 Å². The number of aliphatic hydroxyl groups excluding tert-OH is 1. The predicted molar refractivity (Wildman–Crippen MR) is 158 cm³/mol. The van der Waals surface area contributed by atoms with Crippen molar-refractivity contribution in [1.82, 2.24) is 15.6 Å². The lowest BCUT2D eigenvalue weighted by molar-refractivity contribution is -0.125. The van der Waals surface area contributed by atoms with Gasteiger partial charge in [-0.2, -0.15) is 0 Å². The van der Waals surface area contributed by atoms with E-state index in [0.717, 1.165) is 12.8 Å². The molecule has 0 radical (unpaired) electrons. The SMILES string of the molecule is CC1(C)CCC2(CC1)N[C@@H](C(=O)N[C@H]1CC[C@@](O)(CO)CC1)[C@H](c1ccnc(Cl)c1F)[C@]21C(=O)Nc2cc(Cl)ccc21. The summed E-state index contributed by atoms with van der Waals surface area (Å²) in [6.45, 7) is 4.07. The molecule has 5 N–H and O–H groups in total. The summed E-state index contributed by atoms with van der Waals surface area (Å²) in [5.74, 6) is -2.34. The van der Waals surface area contributed by atoms with E-state index >= 15 is 4.39 Å². The molecule has 1 saturated heterocycles. The van der Waals surface area contributed by atoms with Crippen LogP contribution in [0.4, 0.5) is 10.1 Å². The molecular weight excluding hydrogens is 582 g/mol. The highest BCUT2D eigenvalue weighted by atomic mass is 35.5. The van der Waals surface area contributed by atoms with Crippen molar-refractivity contribution in [3.05, 3.63) is 57.6 Å². The molecule has 3 atom stereocenters. The molecule has 6 rings (SSSR count). The van der Waals surface area contributed by atoms with Crippen LogP contribution in [0.25, 0.3) is 0 Å². The number of fused-ring (bicyclic) bond motifs is 3. The van der Waals surface area contributed by atoms with Gasteiger partial charge in [0.25, 0.3) is 0 Å². The largest absolute Gasteiger partial charge is 0.393 e. The fraction of sp³-hybridized carbons (Fsp3) is 0.581. The molecule has 1 aromatic heterocycles. The molecule has 226 valence electrons. The fourth-order valence-corrected chi connectivity index (χ4v) is 8.41. The molecule has 2 amide bonds. The smallest absolute Gasteiger partial charge is 0.238 e. The second kappa shape index (κ2) is 10.4. The monoisotopic (exact) mass is 618 g/mol. The Morgan fingerprint density at radius 2 is 1.81 bits per heavy atom. The minimum Gasteiger partial charge on any atom is -0.393 e. The first-order valence-corrected chi connectivity index (χ1v) is 15.4. The number of carbonyl (C=O) groups excluding carboxylic acids is 2. The number of aromatic nitrogens is 1. The number of amides is 2. The highest BCUT2D eigenvalue weighted by molar-refractivity contribution is 6.31. The van der Waals surface area contributed by atoms with E-state index in [1.807, 2.05) is 6.07 Å². The number of anilines is 1. The maximum absolute atomic E-state index is 16.0. The van der Waals surface area contributed by atoms with Gasteiger partial charge in [-0.25, -0.2) is 9.37 Å². The van der Waals surface area contributed by atoms with E-state index in [1.165, 1.54) is 12.3 Å². The van der Waals surface area contributed by atoms with Crippen LogP contribution in [0.5, 0.6) is 0 Å². The van der Waals surface area contributed by atoms with E-state index in [-0.39, 0.29) is 40.6 Å². The molecule has 1 aromatic carbocycles. The van der Waals surface area contributed by atoms with Gasteiger partial charge in [-0.05, 0) is 86.1 Å². The zero-order valence-corrected chi connectivity index (χ0v) is 25.3. The average Bonchev–Trinajstić information content (AvgIpc) is 3.41. The van der Waals surface area contributed by atoms with Crippen LogP contribution < -0.4 is 16.0 Å². The van der Waals surface area contributed by atoms with Gasteiger partial charge < -0.3 is 20.8 Å². The summed E-state index contributed by atoms with van der Waals surface area (Å²) in [6, 6.07) is 5.57. The Bertz CT molecular complexity index is 1420. The second-order valence-electron chi connectivity index (χ2n) is 13.5. The lowest BCUT2D eigenvalue weighted by Crippen LogP contribution is -2.61. The van der Waals surface area contributed by atoms with Gasteiger partial charge in [0.2, 0.25) is 11.8 Å². The third-order valence-corrected chi connectivity index (χ3v) is 11.0. The third kappa shape index (κ3) is 4.54. The molecule has 8 nitrogen and oxygen atoms in total. The molecule has 0 unspecified atom stereocenters. The van der Waals surface area contributed by atoms with Crippen LogP contribution in [0.15, 0.2) is 30.5 Å². The zero-order valence-electron chi connectivity index (χ0n) is 23.8. The van der Waals surface area contributed by atoms with Crippen LogP contribution in [0, 0.1) is 11.2 Å². The van der Waals surface area contributed by atoms with E-state index in [9.17, 15) is 19.8 Å². The standard InChI is InChI=1S/C31H37Cl2FN4O4/c1-28(2)10-12-30(13-11-28)31(20-4-3-17(32)15-21(20)37-27(31)41)22(19-7-14-35-25(33)23(19)34)24(38-30)26(40)36-18-5-8-29(42,16-39)9-6-18/h3-4,7,14-15,18,22,24,38-39,42H,5-6,8-13,16H2,1-2H3,(H,36,40)(H,37,41)/t18-,22-,24+,29-,31+/m0/s1. The number of nitrogens with zero attached hydrogens (tertiary/aromatic N) is 1. The van der Waals surface area contributed by atoms with E-state index in [1.54, 1.807) is 12.1 Å². The van der Waals surface area contributed by atoms with Gasteiger partial charge >= 0.3 is 0 Å². The summed E-state index contributed by atoms with van der Waals surface area (Å²) in [5.41, 5.74) is -1.91. The number of rotatable bonds is 4. The molecule has 2 aliphatic carbocycles. The van der Waals surface area contributed by atoms with Gasteiger partial charge in [-0.3, -0.25) is 14.9 Å². The van der Waals surface area contributed by atoms with Gasteiger partial charge in [0.15, 0.2) is 11.0 Å². The van der Waals surface area contributed by atoms with E-state index in [0.29, 0.717) is 54.8 Å². The van der Waals surface area contributed by atoms with Crippen molar-refractivity contribution in [1.29, 1.82) is 0 Å². The predicted octanol–water partition coefficient (Wildman–Crippen LogP) is 4.59. The van der Waals surface area contributed by atoms with E-state index < -0.39 is 34.3 Å². The summed E-state index contributed by atoms with van der Waals surface area (Å²) >= 11 is 12.6. The van der Waals surface area contributed by atoms with Gasteiger partial charge in [0.1, 0.15) is 5.41 Å². The normalized spacial score (nSPS) is 33.0. The molecule has 2 saturated carbocycles. The molecular formula is C31H37Cl2FN4O4. The molecule has 42 heavy (non-hydrogen) atoms. The number of benzene rings is 1. The van der Waals surface area contributed by atoms with Crippen molar-refractivity contribution in [2.24, 2.45) is 5.41 Å². The number of aliphatic hydroxyl groups is 2. The third-order valence-electron chi connectivity index (χ3n) is 10.5. The van der Waals surface area contributed by atoms with Crippen LogP contribution in [0.3, 0.4) is 0 Å². The Kier molecular flexibility index (Phi) is 7.37. The quantitative estimate of drug-likeness (QED) is 0.319. The molecule has 3 heterocycles. The van der Waals surface area contributed by atoms with Crippen molar-refractivity contribution < 1.29 is 24.2 Å². The number of carbonyl (C=O) groups is 2. The molecule has 0 bridgehead atoms. The minimum atomic E-state index is -1.33. The Balaban J connectivity index is 1.50. The Morgan fingerprint density at radius 1 is 1.12 bits per heavy atom. The minimum absolute atomic E-state index is 0.0404. The first-order chi connectivity index (χ1) is 19.8. The fourth-order valence-electron chi connectivity index (χ4n) is 8.08. The highest BCUT2D eigenvalue weighted by Crippen LogP contribution is 2.64. The van der Waals surface area contributed by atoms with Crippen molar-refractivity contribution in [2.45, 2.75) is 99.8 Å². The molecule has 2 spiro atoms. The first-order valence-electron chi connectivity index (χ1n) is 14.7. The molecule has 4 aliphatic rings. The van der Waals surface area contributed by atoms with Gasteiger partial charge in [0.05, 0.1) is 18.2 Å². The summed E-state index contributed by atoms with van der Waals surface area (Å²) in [6.07, 6.45) is 5.90. The molecule has 11 heteroatoms. The first kappa shape index (κ1) is 29.8. The number of pyridine rings is 1. The lowest BCUT2D eigenvalue weighted by Gasteiger charge is -2.50. The maximum atomic E-state index is 16.0. The highest BCUT2D eigenvalue weighted by Gasteiger charge is 2.73. The van der Waals surface area contributed by atoms with Crippen LogP contribution in [0.2, 0.25) is 10.2 Å². The second-order valence-corrected chi connectivity index (χ2v) is 14.3. The zero-order chi connectivity index (χ0) is 30.1. The van der Waals surface area contributed by atoms with Crippen LogP contribution >= 0.6 is 23.2 Å². The van der Waals surface area contributed by atoms with Crippen LogP contribution in [-0.4, -0.2) is 56.8 Å². The van der Waals surface area contributed by atoms with Crippen molar-refractivity contribution in [2.75, 3.05) is 11.9 Å². The van der Waals surface area contributed by atoms with E-state index in [2.05, 4.69) is 34.8 Å². The molecule has 3 fully saturated rings. The maximum Gasteiger partial charge on any atom is 0.238 e. The van der Waals surface area contributed by atoms with Crippen molar-refractivity contribution in [3.8, 4) is 0 Å². The average molecular weight is 620 g/mol. The van der Waals surface area contributed by atoms with Crippen molar-refractivity contribution in [3.63, 3.8) is 0 Å². The Hall–Kier alpha value is -2.30. The Morgan fingerprint density at radius 3 is 2.48 bits per heavy atom. The number of nitrogens with one attached hydrogen (secondary N) is 3. The summed E-state index contributed by atoms with van der Waals surface area (Å²) < 4.78 is 16.0. The Labute approximate surface area is 254 Å². The van der Waals surface area contributed by atoms with Gasteiger partial charge in [-0.15, -0.1) is 0 Å². The van der Waals surface area contributed by atoms with Crippen molar-refractivity contribution >= 4 is 40.7 Å². The number of halogens is 3. The lowest BCUT2D eigenvalue weighted by atomic mass is 9.53. The summed E-state index contributed by atoms with van der Waals surface area (Å²) in [5, 5.41) is 30.0.